The number of rotatable bonds is 4. The molecular weight excluding hydrogens is 347 g/mol. The van der Waals surface area contributed by atoms with Crippen LogP contribution in [0.3, 0.4) is 0 Å². The van der Waals surface area contributed by atoms with Crippen LogP contribution in [0.25, 0.3) is 0 Å². The summed E-state index contributed by atoms with van der Waals surface area (Å²) in [5.74, 6) is -2.35. The van der Waals surface area contributed by atoms with Gasteiger partial charge in [0.15, 0.2) is 0 Å². The molecule has 1 aromatic carbocycles. The van der Waals surface area contributed by atoms with Crippen LogP contribution in [0.2, 0.25) is 0 Å². The van der Waals surface area contributed by atoms with Crippen LogP contribution in [0.15, 0.2) is 24.3 Å². The lowest BCUT2D eigenvalue weighted by Crippen LogP contribution is -2.40. The molecule has 0 heterocycles. The molecule has 2 N–H and O–H groups in total. The molecule has 2 saturated carbocycles. The lowest BCUT2D eigenvalue weighted by Gasteiger charge is -2.25. The first-order valence-corrected chi connectivity index (χ1v) is 8.96. The van der Waals surface area contributed by atoms with Gasteiger partial charge in [-0.3, -0.25) is 9.59 Å². The van der Waals surface area contributed by atoms with Crippen LogP contribution in [-0.4, -0.2) is 23.0 Å². The zero-order valence-corrected chi connectivity index (χ0v) is 14.3. The molecule has 1 aromatic rings. The minimum atomic E-state index is -4.42. The Morgan fingerprint density at radius 1 is 1.04 bits per heavy atom. The Balaban J connectivity index is 1.72. The number of carbonyl (C=O) groups is 2. The van der Waals surface area contributed by atoms with E-state index in [0.717, 1.165) is 12.5 Å². The fourth-order valence-corrected chi connectivity index (χ4v) is 4.33. The normalized spacial score (nSPS) is 28.9. The molecule has 0 saturated heterocycles. The first kappa shape index (κ1) is 18.7. The molecule has 3 rings (SSSR count). The number of alkyl halides is 3. The molecule has 26 heavy (non-hydrogen) atoms. The van der Waals surface area contributed by atoms with Crippen molar-refractivity contribution in [1.29, 1.82) is 0 Å². The Morgan fingerprint density at radius 3 is 2.38 bits per heavy atom. The van der Waals surface area contributed by atoms with Gasteiger partial charge < -0.3 is 10.4 Å². The van der Waals surface area contributed by atoms with E-state index in [2.05, 4.69) is 5.32 Å². The highest BCUT2D eigenvalue weighted by atomic mass is 19.4. The van der Waals surface area contributed by atoms with Crippen molar-refractivity contribution in [2.75, 3.05) is 0 Å². The van der Waals surface area contributed by atoms with Crippen molar-refractivity contribution in [2.24, 2.45) is 11.8 Å². The number of amides is 1. The average molecular weight is 369 g/mol. The Labute approximate surface area is 149 Å². The monoisotopic (exact) mass is 369 g/mol. The highest BCUT2D eigenvalue weighted by Gasteiger charge is 2.40. The van der Waals surface area contributed by atoms with Gasteiger partial charge in [-0.15, -0.1) is 0 Å². The van der Waals surface area contributed by atoms with Crippen LogP contribution in [0.1, 0.15) is 55.6 Å². The van der Waals surface area contributed by atoms with Gasteiger partial charge in [0.2, 0.25) is 5.91 Å². The Bertz CT molecular complexity index is 689. The number of nitrogens with one attached hydrogen (secondary N) is 1. The maximum atomic E-state index is 13.3. The van der Waals surface area contributed by atoms with E-state index < -0.39 is 23.6 Å². The van der Waals surface area contributed by atoms with Gasteiger partial charge in [0, 0.05) is 17.9 Å². The lowest BCUT2D eigenvalue weighted by molar-refractivity contribution is -0.141. The highest BCUT2D eigenvalue weighted by Crippen LogP contribution is 2.42. The summed E-state index contributed by atoms with van der Waals surface area (Å²) in [5, 5.41) is 12.0. The molecular formula is C19H22F3NO3. The smallest absolute Gasteiger partial charge is 0.416 e. The van der Waals surface area contributed by atoms with Crippen molar-refractivity contribution in [3.05, 3.63) is 35.4 Å². The summed E-state index contributed by atoms with van der Waals surface area (Å²) in [6.07, 6.45) is -1.15. The number of carboxylic acid groups (broad SMARTS) is 1. The predicted molar refractivity (Wildman–Crippen MR) is 88.4 cm³/mol. The SMILES string of the molecule is O=C(O)[C@@H]1CC[C@H](C(=O)NC2CCCC2c2ccccc2C(F)(F)F)C1. The van der Waals surface area contributed by atoms with Crippen molar-refractivity contribution in [3.8, 4) is 0 Å². The van der Waals surface area contributed by atoms with Crippen LogP contribution in [0.4, 0.5) is 13.2 Å². The zero-order chi connectivity index (χ0) is 18.9. The zero-order valence-electron chi connectivity index (χ0n) is 14.3. The van der Waals surface area contributed by atoms with Crippen LogP contribution in [0.5, 0.6) is 0 Å². The molecule has 142 valence electrons. The standard InChI is InChI=1S/C19H22F3NO3/c20-19(21,22)15-6-2-1-4-13(15)14-5-3-7-16(14)23-17(24)11-8-9-12(10-11)18(25)26/h1-2,4,6,11-12,14,16H,3,5,7-10H2,(H,23,24)(H,25,26)/t11-,12+,14?,16?/m0/s1. The van der Waals surface area contributed by atoms with Crippen LogP contribution < -0.4 is 5.32 Å². The summed E-state index contributed by atoms with van der Waals surface area (Å²) in [6.45, 7) is 0. The second-order valence-corrected chi connectivity index (χ2v) is 7.28. The number of hydrogen-bond acceptors (Lipinski definition) is 2. The van der Waals surface area contributed by atoms with Gasteiger partial charge in [-0.25, -0.2) is 0 Å². The quantitative estimate of drug-likeness (QED) is 0.844. The maximum Gasteiger partial charge on any atom is 0.416 e. The van der Waals surface area contributed by atoms with E-state index in [1.54, 1.807) is 6.07 Å². The topological polar surface area (TPSA) is 66.4 Å². The summed E-state index contributed by atoms with van der Waals surface area (Å²) in [6, 6.07) is 5.21. The largest absolute Gasteiger partial charge is 0.481 e. The highest BCUT2D eigenvalue weighted by molar-refractivity contribution is 5.81. The third kappa shape index (κ3) is 3.86. The van der Waals surface area contributed by atoms with Gasteiger partial charge in [0.25, 0.3) is 0 Å². The number of aliphatic carboxylic acids is 1. The van der Waals surface area contributed by atoms with Crippen LogP contribution in [0, 0.1) is 11.8 Å². The number of halogens is 3. The molecule has 4 atom stereocenters. The molecule has 2 aliphatic carbocycles. The van der Waals surface area contributed by atoms with Gasteiger partial charge in [0.05, 0.1) is 11.5 Å². The van der Waals surface area contributed by atoms with Crippen molar-refractivity contribution >= 4 is 11.9 Å². The second-order valence-electron chi connectivity index (χ2n) is 7.28. The molecule has 0 bridgehead atoms. The lowest BCUT2D eigenvalue weighted by atomic mass is 9.89. The molecule has 7 heteroatoms. The Kier molecular flexibility index (Phi) is 5.25. The summed E-state index contributed by atoms with van der Waals surface area (Å²) >= 11 is 0. The fraction of sp³-hybridized carbons (Fsp3) is 0.579. The molecule has 1 amide bonds. The van der Waals surface area contributed by atoms with E-state index in [1.807, 2.05) is 0 Å². The van der Waals surface area contributed by atoms with E-state index >= 15 is 0 Å². The summed E-state index contributed by atoms with van der Waals surface area (Å²) in [5.41, 5.74) is -0.407. The van der Waals surface area contributed by atoms with E-state index in [0.29, 0.717) is 32.1 Å². The van der Waals surface area contributed by atoms with Crippen molar-refractivity contribution < 1.29 is 27.9 Å². The Morgan fingerprint density at radius 2 is 1.73 bits per heavy atom. The van der Waals surface area contributed by atoms with E-state index in [4.69, 9.17) is 5.11 Å². The van der Waals surface area contributed by atoms with Gasteiger partial charge in [-0.1, -0.05) is 24.6 Å². The van der Waals surface area contributed by atoms with Gasteiger partial charge in [-0.05, 0) is 43.7 Å². The number of carboxylic acids is 1. The Hall–Kier alpha value is -2.05. The molecule has 2 unspecified atom stereocenters. The third-order valence-electron chi connectivity index (χ3n) is 5.66. The molecule has 0 spiro atoms. The first-order valence-electron chi connectivity index (χ1n) is 8.96. The second kappa shape index (κ2) is 7.29. The van der Waals surface area contributed by atoms with Gasteiger partial charge in [0.1, 0.15) is 0 Å². The van der Waals surface area contributed by atoms with Crippen LogP contribution >= 0.6 is 0 Å². The van der Waals surface area contributed by atoms with Gasteiger partial charge in [-0.2, -0.15) is 13.2 Å². The summed E-state index contributed by atoms with van der Waals surface area (Å²) in [7, 11) is 0. The number of carbonyl (C=O) groups excluding carboxylic acids is 1. The van der Waals surface area contributed by atoms with Gasteiger partial charge >= 0.3 is 12.1 Å². The molecule has 0 aromatic heterocycles. The van der Waals surface area contributed by atoms with Crippen LogP contribution in [-0.2, 0) is 15.8 Å². The van der Waals surface area contributed by atoms with E-state index in [-0.39, 0.29) is 29.3 Å². The molecule has 2 fully saturated rings. The summed E-state index contributed by atoms with van der Waals surface area (Å²) < 4.78 is 39.9. The van der Waals surface area contributed by atoms with Crippen molar-refractivity contribution in [2.45, 2.75) is 56.7 Å². The number of hydrogen-bond donors (Lipinski definition) is 2. The minimum absolute atomic E-state index is 0.227. The van der Waals surface area contributed by atoms with E-state index in [9.17, 15) is 22.8 Å². The minimum Gasteiger partial charge on any atom is -0.481 e. The molecule has 0 aliphatic heterocycles. The molecule has 0 radical (unpaired) electrons. The third-order valence-corrected chi connectivity index (χ3v) is 5.66. The van der Waals surface area contributed by atoms with Crippen molar-refractivity contribution in [3.63, 3.8) is 0 Å². The molecule has 2 aliphatic rings. The number of benzene rings is 1. The maximum absolute atomic E-state index is 13.3. The van der Waals surface area contributed by atoms with E-state index in [1.165, 1.54) is 12.1 Å². The fourth-order valence-electron chi connectivity index (χ4n) is 4.33. The molecule has 4 nitrogen and oxygen atoms in total. The first-order chi connectivity index (χ1) is 12.3. The average Bonchev–Trinajstić information content (AvgIpc) is 3.23. The predicted octanol–water partition coefficient (Wildman–Crippen LogP) is 3.96. The van der Waals surface area contributed by atoms with Crippen molar-refractivity contribution in [1.82, 2.24) is 5.32 Å². The summed E-state index contributed by atoms with van der Waals surface area (Å²) in [4.78, 5) is 23.5.